The maximum atomic E-state index is 10.8. The van der Waals surface area contributed by atoms with Crippen LogP contribution in [0.15, 0.2) is 24.3 Å². The van der Waals surface area contributed by atoms with Crippen molar-refractivity contribution in [1.29, 1.82) is 5.26 Å². The topological polar surface area (TPSA) is 52.9 Å². The van der Waals surface area contributed by atoms with E-state index in [1.165, 1.54) is 6.92 Å². The van der Waals surface area contributed by atoms with E-state index in [9.17, 15) is 4.79 Å². The van der Waals surface area contributed by atoms with Crippen molar-refractivity contribution in [3.05, 3.63) is 35.4 Å². The van der Waals surface area contributed by atoms with E-state index in [4.69, 9.17) is 5.26 Å². The number of rotatable bonds is 2. The Kier molecular flexibility index (Phi) is 3.66. The zero-order valence-electron chi connectivity index (χ0n) is 7.62. The van der Waals surface area contributed by atoms with Crippen LogP contribution in [0.25, 0.3) is 0 Å². The van der Waals surface area contributed by atoms with Crippen molar-refractivity contribution in [3.8, 4) is 6.07 Å². The summed E-state index contributed by atoms with van der Waals surface area (Å²) in [4.78, 5) is 10.5. The fourth-order valence-electron chi connectivity index (χ4n) is 1.03. The third-order valence-electron chi connectivity index (χ3n) is 1.64. The number of carbonyl (C=O) groups excluding carboxylic acids is 1. The molecular formula is C10H9BrN2O. The van der Waals surface area contributed by atoms with Gasteiger partial charge < -0.3 is 5.32 Å². The van der Waals surface area contributed by atoms with Crippen LogP contribution in [0.2, 0.25) is 0 Å². The second-order valence-electron chi connectivity index (χ2n) is 2.80. The molecule has 1 aromatic carbocycles. The van der Waals surface area contributed by atoms with Gasteiger partial charge in [-0.3, -0.25) is 4.79 Å². The number of benzene rings is 1. The van der Waals surface area contributed by atoms with Crippen molar-refractivity contribution in [2.75, 3.05) is 0 Å². The first-order valence-corrected chi connectivity index (χ1v) is 4.96. The van der Waals surface area contributed by atoms with Gasteiger partial charge in [-0.1, -0.05) is 28.1 Å². The van der Waals surface area contributed by atoms with E-state index in [1.807, 2.05) is 12.1 Å². The number of amides is 1. The molecule has 0 saturated heterocycles. The molecule has 0 aliphatic heterocycles. The fraction of sp³-hybridized carbons (Fsp3) is 0.200. The molecule has 0 aliphatic rings. The molecule has 0 aromatic heterocycles. The molecule has 0 saturated carbocycles. The van der Waals surface area contributed by atoms with Crippen molar-refractivity contribution in [1.82, 2.24) is 5.32 Å². The quantitative estimate of drug-likeness (QED) is 0.648. The number of carbonyl (C=O) groups is 1. The van der Waals surface area contributed by atoms with Gasteiger partial charge in [-0.15, -0.1) is 0 Å². The van der Waals surface area contributed by atoms with Crippen molar-refractivity contribution in [2.45, 2.75) is 11.9 Å². The normalized spacial score (nSPS) is 11.5. The Labute approximate surface area is 90.9 Å². The first-order valence-electron chi connectivity index (χ1n) is 4.04. The molecule has 14 heavy (non-hydrogen) atoms. The largest absolute Gasteiger partial charge is 0.340 e. The van der Waals surface area contributed by atoms with Gasteiger partial charge in [0.2, 0.25) is 5.91 Å². The van der Waals surface area contributed by atoms with Gasteiger partial charge in [0.25, 0.3) is 0 Å². The molecule has 1 atom stereocenters. The molecule has 3 nitrogen and oxygen atoms in total. The molecule has 1 N–H and O–H groups in total. The average Bonchev–Trinajstić information content (AvgIpc) is 2.17. The summed E-state index contributed by atoms with van der Waals surface area (Å²) in [5.41, 5.74) is 1.44. The number of halogens is 1. The Balaban J connectivity index is 2.85. The highest BCUT2D eigenvalue weighted by atomic mass is 79.9. The van der Waals surface area contributed by atoms with Gasteiger partial charge in [0, 0.05) is 6.92 Å². The number of nitriles is 1. The van der Waals surface area contributed by atoms with Crippen LogP contribution in [-0.4, -0.2) is 5.91 Å². The molecule has 4 heteroatoms. The van der Waals surface area contributed by atoms with Gasteiger partial charge in [0.05, 0.1) is 11.6 Å². The van der Waals surface area contributed by atoms with Crippen LogP contribution in [-0.2, 0) is 4.79 Å². The lowest BCUT2D eigenvalue weighted by Crippen LogP contribution is -2.21. The smallest absolute Gasteiger partial charge is 0.218 e. The molecular weight excluding hydrogens is 244 g/mol. The van der Waals surface area contributed by atoms with E-state index < -0.39 is 0 Å². The highest BCUT2D eigenvalue weighted by Gasteiger charge is 2.07. The summed E-state index contributed by atoms with van der Waals surface area (Å²) in [6, 6.07) is 9.12. The van der Waals surface area contributed by atoms with Crippen LogP contribution in [0, 0.1) is 11.3 Å². The summed E-state index contributed by atoms with van der Waals surface area (Å²) < 4.78 is 0. The summed E-state index contributed by atoms with van der Waals surface area (Å²) >= 11 is 3.31. The molecule has 0 spiro atoms. The Bertz CT molecular complexity index is 384. The van der Waals surface area contributed by atoms with Gasteiger partial charge in [0.15, 0.2) is 0 Å². The molecule has 1 aromatic rings. The lowest BCUT2D eigenvalue weighted by Gasteiger charge is -2.10. The molecule has 1 unspecified atom stereocenters. The van der Waals surface area contributed by atoms with Gasteiger partial charge in [0.1, 0.15) is 4.95 Å². The summed E-state index contributed by atoms with van der Waals surface area (Å²) in [5.74, 6) is -0.116. The Morgan fingerprint density at radius 3 is 2.93 bits per heavy atom. The van der Waals surface area contributed by atoms with Crippen LogP contribution in [0.5, 0.6) is 0 Å². The van der Waals surface area contributed by atoms with Crippen LogP contribution < -0.4 is 5.32 Å². The number of alkyl halides is 1. The molecule has 0 radical (unpaired) electrons. The maximum absolute atomic E-state index is 10.8. The first-order chi connectivity index (χ1) is 6.63. The number of hydrogen-bond acceptors (Lipinski definition) is 2. The second-order valence-corrected chi connectivity index (χ2v) is 3.72. The summed E-state index contributed by atoms with van der Waals surface area (Å²) in [6.07, 6.45) is 0. The fourth-order valence-corrected chi connectivity index (χ4v) is 1.63. The molecule has 0 heterocycles. The minimum atomic E-state index is -0.242. The van der Waals surface area contributed by atoms with E-state index in [2.05, 4.69) is 21.2 Å². The van der Waals surface area contributed by atoms with E-state index in [1.54, 1.807) is 18.2 Å². The third-order valence-corrected chi connectivity index (χ3v) is 2.40. The molecule has 0 fully saturated rings. The van der Waals surface area contributed by atoms with Crippen LogP contribution >= 0.6 is 15.9 Å². The van der Waals surface area contributed by atoms with Crippen LogP contribution in [0.1, 0.15) is 23.0 Å². The van der Waals surface area contributed by atoms with Crippen LogP contribution in [0.3, 0.4) is 0 Å². The predicted molar refractivity (Wildman–Crippen MR) is 56.6 cm³/mol. The second kappa shape index (κ2) is 4.77. The number of nitrogens with one attached hydrogen (secondary N) is 1. The number of nitrogens with zero attached hydrogens (tertiary/aromatic N) is 1. The van der Waals surface area contributed by atoms with Crippen molar-refractivity contribution < 1.29 is 4.79 Å². The van der Waals surface area contributed by atoms with Gasteiger partial charge in [-0.2, -0.15) is 5.26 Å². The van der Waals surface area contributed by atoms with Gasteiger partial charge in [-0.25, -0.2) is 0 Å². The van der Waals surface area contributed by atoms with E-state index in [0.717, 1.165) is 5.56 Å². The summed E-state index contributed by atoms with van der Waals surface area (Å²) in [5, 5.41) is 11.4. The van der Waals surface area contributed by atoms with Crippen molar-refractivity contribution >= 4 is 21.8 Å². The zero-order chi connectivity index (χ0) is 10.6. The van der Waals surface area contributed by atoms with Crippen LogP contribution in [0.4, 0.5) is 0 Å². The van der Waals surface area contributed by atoms with Crippen molar-refractivity contribution in [3.63, 3.8) is 0 Å². The standard InChI is InChI=1S/C10H9BrN2O/c1-7(14)13-10(11)9-4-2-3-8(5-9)6-12/h2-5,10H,1H3,(H,13,14). The third kappa shape index (κ3) is 2.86. The highest BCUT2D eigenvalue weighted by molar-refractivity contribution is 9.09. The van der Waals surface area contributed by atoms with E-state index in [-0.39, 0.29) is 10.9 Å². The van der Waals surface area contributed by atoms with Gasteiger partial charge in [-0.05, 0) is 17.7 Å². The lowest BCUT2D eigenvalue weighted by atomic mass is 10.1. The Morgan fingerprint density at radius 1 is 1.64 bits per heavy atom. The molecule has 1 amide bonds. The summed E-state index contributed by atoms with van der Waals surface area (Å²) in [6.45, 7) is 1.45. The zero-order valence-corrected chi connectivity index (χ0v) is 9.21. The molecule has 0 aliphatic carbocycles. The SMILES string of the molecule is CC(=O)NC(Br)c1cccc(C#N)c1. The Hall–Kier alpha value is -1.34. The van der Waals surface area contributed by atoms with Crippen molar-refractivity contribution in [2.24, 2.45) is 0 Å². The predicted octanol–water partition coefficient (Wildman–Crippen LogP) is 2.09. The highest BCUT2D eigenvalue weighted by Crippen LogP contribution is 2.19. The molecule has 72 valence electrons. The monoisotopic (exact) mass is 252 g/mol. The van der Waals surface area contributed by atoms with E-state index in [0.29, 0.717) is 5.56 Å². The molecule has 1 rings (SSSR count). The average molecular weight is 253 g/mol. The lowest BCUT2D eigenvalue weighted by molar-refractivity contribution is -0.119. The summed E-state index contributed by atoms with van der Waals surface area (Å²) in [7, 11) is 0. The minimum Gasteiger partial charge on any atom is -0.340 e. The number of hydrogen-bond donors (Lipinski definition) is 1. The Morgan fingerprint density at radius 2 is 2.36 bits per heavy atom. The first kappa shape index (κ1) is 10.7. The molecule has 0 bridgehead atoms. The minimum absolute atomic E-state index is 0.116. The van der Waals surface area contributed by atoms with E-state index >= 15 is 0 Å². The van der Waals surface area contributed by atoms with Gasteiger partial charge >= 0.3 is 0 Å². The maximum Gasteiger partial charge on any atom is 0.218 e.